The number of rotatable bonds is 4. The number of sulfonamides is 1. The molecule has 0 radical (unpaired) electrons. The van der Waals surface area contributed by atoms with Crippen LogP contribution in [0.4, 0.5) is 10.9 Å². The molecule has 1 saturated heterocycles. The fourth-order valence-corrected chi connectivity index (χ4v) is 4.05. The monoisotopic (exact) mass is 364 g/mol. The van der Waals surface area contributed by atoms with Gasteiger partial charge in [-0.05, 0) is 25.0 Å². The average Bonchev–Trinajstić information content (AvgIpc) is 3.05. The van der Waals surface area contributed by atoms with Gasteiger partial charge in [-0.1, -0.05) is 11.3 Å². The number of nitrogens with two attached hydrogens (primary N) is 1. The lowest BCUT2D eigenvalue weighted by atomic mass is 10.1. The highest BCUT2D eigenvalue weighted by Gasteiger charge is 2.21. The molecule has 0 bridgehead atoms. The third kappa shape index (κ3) is 3.81. The molecule has 1 fully saturated rings. The van der Waals surface area contributed by atoms with E-state index >= 15 is 0 Å². The number of aromatic nitrogens is 2. The molecule has 126 valence electrons. The highest BCUT2D eigenvalue weighted by atomic mass is 32.2. The largest absolute Gasteiger partial charge is 0.359 e. The van der Waals surface area contributed by atoms with Gasteiger partial charge in [-0.15, -0.1) is 0 Å². The van der Waals surface area contributed by atoms with Crippen LogP contribution < -0.4 is 15.4 Å². The molecule has 3 heterocycles. The van der Waals surface area contributed by atoms with Crippen molar-refractivity contribution < 1.29 is 8.42 Å². The second-order valence-electron chi connectivity index (χ2n) is 5.45. The fourth-order valence-electron chi connectivity index (χ4n) is 2.52. The van der Waals surface area contributed by atoms with Crippen LogP contribution in [-0.4, -0.2) is 37.5 Å². The van der Waals surface area contributed by atoms with Gasteiger partial charge in [0.25, 0.3) is 0 Å². The zero-order valence-corrected chi connectivity index (χ0v) is 14.3. The van der Waals surface area contributed by atoms with Crippen molar-refractivity contribution in [3.05, 3.63) is 30.1 Å². The number of hydrogen-bond donors (Lipinski definition) is 2. The number of hydrogen-bond acceptors (Lipinski definition) is 8. The van der Waals surface area contributed by atoms with Gasteiger partial charge in [0.05, 0.1) is 11.8 Å². The summed E-state index contributed by atoms with van der Waals surface area (Å²) in [6.45, 7) is 1.65. The van der Waals surface area contributed by atoms with E-state index in [9.17, 15) is 8.42 Å². The van der Waals surface area contributed by atoms with Crippen molar-refractivity contribution in [2.45, 2.75) is 23.1 Å². The summed E-state index contributed by atoms with van der Waals surface area (Å²) in [4.78, 5) is 10.5. The summed E-state index contributed by atoms with van der Waals surface area (Å²) in [7, 11) is -3.70. The Morgan fingerprint density at radius 3 is 2.58 bits per heavy atom. The predicted octanol–water partition coefficient (Wildman–Crippen LogP) is 1.14. The van der Waals surface area contributed by atoms with Gasteiger partial charge in [0.1, 0.15) is 11.9 Å². The van der Waals surface area contributed by atoms with Gasteiger partial charge in [0, 0.05) is 25.3 Å². The summed E-state index contributed by atoms with van der Waals surface area (Å²) >= 11 is 1.04. The highest BCUT2D eigenvalue weighted by molar-refractivity contribution is 7.91. The third-order valence-corrected chi connectivity index (χ3v) is 6.12. The minimum atomic E-state index is -3.70. The number of nitrogens with zero attached hydrogens (tertiary/aromatic N) is 4. The van der Waals surface area contributed by atoms with Gasteiger partial charge < -0.3 is 10.2 Å². The Labute approximate surface area is 144 Å². The van der Waals surface area contributed by atoms with Crippen LogP contribution in [-0.2, 0) is 10.0 Å². The number of piperidine rings is 1. The van der Waals surface area contributed by atoms with Crippen molar-refractivity contribution in [1.82, 2.24) is 9.97 Å². The van der Waals surface area contributed by atoms with Crippen LogP contribution in [0.3, 0.4) is 0 Å². The normalized spacial score (nSPS) is 15.9. The standard InChI is InChI=1S/C14H16N6O2S2/c15-7-10-1-2-12(17-8-10)20-5-3-11(4-6-20)19-14-18-9-13(23-14)24(16,21)22/h1-2,8-9,11H,3-6H2,(H,18,19)(H2,16,21,22). The Kier molecular flexibility index (Phi) is 4.66. The maximum Gasteiger partial charge on any atom is 0.249 e. The first-order valence-electron chi connectivity index (χ1n) is 7.32. The number of anilines is 2. The Bertz CT molecular complexity index is 848. The van der Waals surface area contributed by atoms with E-state index in [1.165, 1.54) is 6.20 Å². The van der Waals surface area contributed by atoms with E-state index in [0.717, 1.165) is 43.1 Å². The molecule has 8 nitrogen and oxygen atoms in total. The molecular weight excluding hydrogens is 348 g/mol. The van der Waals surface area contributed by atoms with Crippen molar-refractivity contribution in [3.63, 3.8) is 0 Å². The Morgan fingerprint density at radius 1 is 1.29 bits per heavy atom. The minimum Gasteiger partial charge on any atom is -0.359 e. The summed E-state index contributed by atoms with van der Waals surface area (Å²) in [6.07, 6.45) is 4.61. The van der Waals surface area contributed by atoms with E-state index in [1.807, 2.05) is 6.07 Å². The molecule has 0 atom stereocenters. The van der Waals surface area contributed by atoms with Gasteiger partial charge in [-0.3, -0.25) is 0 Å². The van der Waals surface area contributed by atoms with E-state index in [0.29, 0.717) is 10.7 Å². The quantitative estimate of drug-likeness (QED) is 0.833. The van der Waals surface area contributed by atoms with Crippen molar-refractivity contribution >= 4 is 32.3 Å². The molecule has 0 saturated carbocycles. The van der Waals surface area contributed by atoms with Gasteiger partial charge >= 0.3 is 0 Å². The van der Waals surface area contributed by atoms with Crippen LogP contribution in [0.15, 0.2) is 28.7 Å². The molecule has 3 N–H and O–H groups in total. The number of nitriles is 1. The van der Waals surface area contributed by atoms with Crippen LogP contribution in [0.25, 0.3) is 0 Å². The van der Waals surface area contributed by atoms with Crippen LogP contribution in [0.5, 0.6) is 0 Å². The molecule has 3 rings (SSSR count). The average molecular weight is 364 g/mol. The second kappa shape index (κ2) is 6.72. The summed E-state index contributed by atoms with van der Waals surface area (Å²) in [5.74, 6) is 0.859. The summed E-state index contributed by atoms with van der Waals surface area (Å²) in [6, 6.07) is 5.89. The van der Waals surface area contributed by atoms with Gasteiger partial charge in [0.15, 0.2) is 9.34 Å². The first-order valence-corrected chi connectivity index (χ1v) is 9.68. The molecule has 0 aliphatic carbocycles. The van der Waals surface area contributed by atoms with Crippen LogP contribution in [0.2, 0.25) is 0 Å². The van der Waals surface area contributed by atoms with Crippen molar-refractivity contribution in [2.75, 3.05) is 23.3 Å². The molecule has 0 aromatic carbocycles. The van der Waals surface area contributed by atoms with Gasteiger partial charge in [-0.25, -0.2) is 23.5 Å². The number of nitrogens with one attached hydrogen (secondary N) is 1. The SMILES string of the molecule is N#Cc1ccc(N2CCC(Nc3ncc(S(N)(=O)=O)s3)CC2)nc1. The van der Waals surface area contributed by atoms with E-state index < -0.39 is 10.0 Å². The Hall–Kier alpha value is -2.22. The van der Waals surface area contributed by atoms with Crippen molar-refractivity contribution in [1.29, 1.82) is 5.26 Å². The molecule has 0 unspecified atom stereocenters. The smallest absolute Gasteiger partial charge is 0.249 e. The number of thiazole rings is 1. The van der Waals surface area contributed by atoms with E-state index in [4.69, 9.17) is 10.4 Å². The summed E-state index contributed by atoms with van der Waals surface area (Å²) in [5, 5.41) is 17.7. The lowest BCUT2D eigenvalue weighted by Gasteiger charge is -2.33. The Morgan fingerprint density at radius 2 is 2.04 bits per heavy atom. The molecule has 0 spiro atoms. The topological polar surface area (TPSA) is 125 Å². The van der Waals surface area contributed by atoms with Crippen molar-refractivity contribution in [2.24, 2.45) is 5.14 Å². The van der Waals surface area contributed by atoms with Gasteiger partial charge in [0.2, 0.25) is 10.0 Å². The molecule has 2 aromatic heterocycles. The summed E-state index contributed by atoms with van der Waals surface area (Å²) in [5.41, 5.74) is 0.546. The molecule has 0 amide bonds. The molecule has 1 aliphatic heterocycles. The maximum atomic E-state index is 11.3. The molecule has 1 aliphatic rings. The zero-order chi connectivity index (χ0) is 17.2. The lowest BCUT2D eigenvalue weighted by Crippen LogP contribution is -2.39. The van der Waals surface area contributed by atoms with Crippen LogP contribution >= 0.6 is 11.3 Å². The second-order valence-corrected chi connectivity index (χ2v) is 8.27. The molecule has 2 aromatic rings. The number of primary sulfonamides is 1. The van der Waals surface area contributed by atoms with Crippen molar-refractivity contribution in [3.8, 4) is 6.07 Å². The van der Waals surface area contributed by atoms with E-state index in [-0.39, 0.29) is 10.3 Å². The van der Waals surface area contributed by atoms with E-state index in [2.05, 4.69) is 26.3 Å². The maximum absolute atomic E-state index is 11.3. The fraction of sp³-hybridized carbons (Fsp3) is 0.357. The number of pyridine rings is 1. The van der Waals surface area contributed by atoms with Crippen LogP contribution in [0.1, 0.15) is 18.4 Å². The van der Waals surface area contributed by atoms with Gasteiger partial charge in [-0.2, -0.15) is 5.26 Å². The first-order chi connectivity index (χ1) is 11.5. The predicted molar refractivity (Wildman–Crippen MR) is 91.3 cm³/mol. The minimum absolute atomic E-state index is 0.0595. The van der Waals surface area contributed by atoms with E-state index in [1.54, 1.807) is 12.3 Å². The lowest BCUT2D eigenvalue weighted by molar-refractivity contribution is 0.523. The molecule has 10 heteroatoms. The first kappa shape index (κ1) is 16.6. The zero-order valence-electron chi connectivity index (χ0n) is 12.7. The third-order valence-electron chi connectivity index (χ3n) is 3.79. The molecular formula is C14H16N6O2S2. The highest BCUT2D eigenvalue weighted by Crippen LogP contribution is 2.25. The van der Waals surface area contributed by atoms with Crippen LogP contribution in [0, 0.1) is 11.3 Å². The molecule has 24 heavy (non-hydrogen) atoms. The Balaban J connectivity index is 1.57. The summed E-state index contributed by atoms with van der Waals surface area (Å²) < 4.78 is 22.6.